The van der Waals surface area contributed by atoms with Crippen molar-refractivity contribution in [2.75, 3.05) is 6.61 Å². The van der Waals surface area contributed by atoms with Gasteiger partial charge in [-0.2, -0.15) is 0 Å². The summed E-state index contributed by atoms with van der Waals surface area (Å²) in [6.45, 7) is 3.50. The van der Waals surface area contributed by atoms with E-state index in [0.29, 0.717) is 25.7 Å². The quantitative estimate of drug-likeness (QED) is 0.427. The lowest BCUT2D eigenvalue weighted by atomic mass is 9.88. The lowest BCUT2D eigenvalue weighted by Gasteiger charge is -2.22. The third-order valence-electron chi connectivity index (χ3n) is 5.29. The van der Waals surface area contributed by atoms with Gasteiger partial charge in [0.1, 0.15) is 12.4 Å². The molecule has 1 saturated carbocycles. The van der Waals surface area contributed by atoms with Crippen LogP contribution >= 0.6 is 0 Å². The van der Waals surface area contributed by atoms with Crippen molar-refractivity contribution >= 4 is 11.6 Å². The second-order valence-electron chi connectivity index (χ2n) is 7.94. The fourth-order valence-electron chi connectivity index (χ4n) is 3.57. The molecule has 0 heterocycles. The van der Waals surface area contributed by atoms with Gasteiger partial charge in [0.05, 0.1) is 11.7 Å². The summed E-state index contributed by atoms with van der Waals surface area (Å²) in [5, 5.41) is 29.2. The largest absolute Gasteiger partial charge is 0.392 e. The normalized spacial score (nSPS) is 25.5. The molecule has 5 heteroatoms. The first kappa shape index (κ1) is 23.7. The summed E-state index contributed by atoms with van der Waals surface area (Å²) in [5.41, 5.74) is -0.746. The van der Waals surface area contributed by atoms with E-state index < -0.39 is 18.3 Å². The Morgan fingerprint density at radius 2 is 1.96 bits per heavy atom. The molecule has 154 valence electrons. The van der Waals surface area contributed by atoms with Crippen LogP contribution in [0, 0.1) is 11.8 Å². The van der Waals surface area contributed by atoms with Gasteiger partial charge in [0.15, 0.2) is 5.78 Å². The molecule has 0 aromatic carbocycles. The number of allylic oxidation sites excluding steroid dienone is 2. The highest BCUT2D eigenvalue weighted by molar-refractivity contribution is 5.84. The van der Waals surface area contributed by atoms with Crippen LogP contribution in [0.15, 0.2) is 24.3 Å². The molecule has 0 radical (unpaired) electrons. The maximum absolute atomic E-state index is 12.2. The van der Waals surface area contributed by atoms with Gasteiger partial charge < -0.3 is 15.3 Å². The SMILES string of the molecule is CCCCC(C)(O)CC=C[C@H]1[C@H](O)CC(=O)[C@@H]1CCC=CCCC(=O)CO. The molecule has 1 unspecified atom stereocenters. The average Bonchev–Trinajstić information content (AvgIpc) is 2.89. The topological polar surface area (TPSA) is 94.8 Å². The Bertz CT molecular complexity index is 521. The minimum Gasteiger partial charge on any atom is -0.392 e. The van der Waals surface area contributed by atoms with E-state index in [1.54, 1.807) is 0 Å². The summed E-state index contributed by atoms with van der Waals surface area (Å²) < 4.78 is 0. The zero-order valence-electron chi connectivity index (χ0n) is 16.8. The molecule has 0 spiro atoms. The summed E-state index contributed by atoms with van der Waals surface area (Å²) in [6.07, 6.45) is 12.8. The Kier molecular flexibility index (Phi) is 10.7. The first-order valence-corrected chi connectivity index (χ1v) is 10.2. The highest BCUT2D eigenvalue weighted by atomic mass is 16.3. The molecule has 1 aliphatic carbocycles. The van der Waals surface area contributed by atoms with E-state index in [2.05, 4.69) is 6.92 Å². The molecule has 0 bridgehead atoms. The van der Waals surface area contributed by atoms with Crippen LogP contribution < -0.4 is 0 Å². The minimum absolute atomic E-state index is 0.0961. The van der Waals surface area contributed by atoms with E-state index in [-0.39, 0.29) is 29.8 Å². The van der Waals surface area contributed by atoms with Crippen molar-refractivity contribution in [3.63, 3.8) is 0 Å². The van der Waals surface area contributed by atoms with Crippen LogP contribution in [0.3, 0.4) is 0 Å². The molecule has 0 aliphatic heterocycles. The monoisotopic (exact) mass is 380 g/mol. The van der Waals surface area contributed by atoms with Crippen molar-refractivity contribution < 1.29 is 24.9 Å². The van der Waals surface area contributed by atoms with Gasteiger partial charge in [-0.15, -0.1) is 0 Å². The summed E-state index contributed by atoms with van der Waals surface area (Å²) in [7, 11) is 0. The number of carbonyl (C=O) groups excluding carboxylic acids is 2. The molecule has 0 aromatic rings. The van der Waals surface area contributed by atoms with Crippen LogP contribution in [0.5, 0.6) is 0 Å². The van der Waals surface area contributed by atoms with Crippen molar-refractivity contribution in [1.82, 2.24) is 0 Å². The summed E-state index contributed by atoms with van der Waals surface area (Å²) in [6, 6.07) is 0. The van der Waals surface area contributed by atoms with E-state index >= 15 is 0 Å². The summed E-state index contributed by atoms with van der Waals surface area (Å²) in [4.78, 5) is 23.2. The average molecular weight is 381 g/mol. The molecular weight excluding hydrogens is 344 g/mol. The Balaban J connectivity index is 2.49. The molecule has 1 fully saturated rings. The van der Waals surface area contributed by atoms with Gasteiger partial charge in [0.25, 0.3) is 0 Å². The smallest absolute Gasteiger partial charge is 0.158 e. The lowest BCUT2D eigenvalue weighted by Crippen LogP contribution is -2.23. The predicted octanol–water partition coefficient (Wildman–Crippen LogP) is 3.12. The Labute approximate surface area is 163 Å². The van der Waals surface area contributed by atoms with Gasteiger partial charge in [-0.05, 0) is 39.0 Å². The molecule has 0 amide bonds. The third-order valence-corrected chi connectivity index (χ3v) is 5.29. The number of carbonyl (C=O) groups is 2. The first-order chi connectivity index (χ1) is 12.8. The van der Waals surface area contributed by atoms with Crippen LogP contribution in [-0.2, 0) is 9.59 Å². The van der Waals surface area contributed by atoms with Gasteiger partial charge in [-0.3, -0.25) is 9.59 Å². The summed E-state index contributed by atoms with van der Waals surface area (Å²) in [5.74, 6) is -0.461. The van der Waals surface area contributed by atoms with Gasteiger partial charge in [0.2, 0.25) is 0 Å². The number of unbranched alkanes of at least 4 members (excludes halogenated alkanes) is 1. The Hall–Kier alpha value is -1.30. The number of hydrogen-bond acceptors (Lipinski definition) is 5. The molecule has 4 atom stereocenters. The molecule has 0 aromatic heterocycles. The molecular formula is C22H36O5. The van der Waals surface area contributed by atoms with E-state index in [0.717, 1.165) is 25.7 Å². The van der Waals surface area contributed by atoms with Gasteiger partial charge in [-0.1, -0.05) is 44.1 Å². The van der Waals surface area contributed by atoms with Crippen LogP contribution in [0.1, 0.15) is 71.6 Å². The Morgan fingerprint density at radius 3 is 2.63 bits per heavy atom. The maximum atomic E-state index is 12.2. The fourth-order valence-corrected chi connectivity index (χ4v) is 3.57. The maximum Gasteiger partial charge on any atom is 0.158 e. The van der Waals surface area contributed by atoms with Crippen molar-refractivity contribution in [2.24, 2.45) is 11.8 Å². The number of Topliss-reactive ketones (excluding diaryl/α,β-unsaturated/α-hetero) is 2. The van der Waals surface area contributed by atoms with E-state index in [1.807, 2.05) is 31.2 Å². The van der Waals surface area contributed by atoms with Gasteiger partial charge in [0, 0.05) is 24.7 Å². The highest BCUT2D eigenvalue weighted by Crippen LogP contribution is 2.34. The molecule has 0 saturated heterocycles. The van der Waals surface area contributed by atoms with Crippen LogP contribution in [0.4, 0.5) is 0 Å². The zero-order chi connectivity index (χ0) is 20.3. The van der Waals surface area contributed by atoms with E-state index in [4.69, 9.17) is 5.11 Å². The lowest BCUT2D eigenvalue weighted by molar-refractivity contribution is -0.122. The number of ketones is 2. The standard InChI is InChI=1S/C22H36O5/c1-3-4-13-22(2,27)14-9-12-19-18(20(25)15-21(19)26)11-8-6-5-7-10-17(24)16-23/h5-6,9,12,18-19,21,23,26-27H,3-4,7-8,10-11,13-16H2,1-2H3/t18-,19-,21-,22?/m1/s1. The molecule has 1 rings (SSSR count). The highest BCUT2D eigenvalue weighted by Gasteiger charge is 2.39. The Morgan fingerprint density at radius 1 is 1.26 bits per heavy atom. The predicted molar refractivity (Wildman–Crippen MR) is 106 cm³/mol. The van der Waals surface area contributed by atoms with Crippen LogP contribution in [0.25, 0.3) is 0 Å². The first-order valence-electron chi connectivity index (χ1n) is 10.2. The summed E-state index contributed by atoms with van der Waals surface area (Å²) >= 11 is 0. The zero-order valence-corrected chi connectivity index (χ0v) is 16.8. The number of hydrogen-bond donors (Lipinski definition) is 3. The van der Waals surface area contributed by atoms with Gasteiger partial charge in [-0.25, -0.2) is 0 Å². The minimum atomic E-state index is -0.746. The number of aliphatic hydroxyl groups is 3. The van der Waals surface area contributed by atoms with E-state index in [1.165, 1.54) is 0 Å². The van der Waals surface area contributed by atoms with Crippen molar-refractivity contribution in [3.8, 4) is 0 Å². The second-order valence-corrected chi connectivity index (χ2v) is 7.94. The molecule has 5 nitrogen and oxygen atoms in total. The third kappa shape index (κ3) is 8.96. The van der Waals surface area contributed by atoms with Crippen molar-refractivity contribution in [1.29, 1.82) is 0 Å². The molecule has 3 N–H and O–H groups in total. The van der Waals surface area contributed by atoms with Crippen molar-refractivity contribution in [3.05, 3.63) is 24.3 Å². The number of rotatable bonds is 13. The van der Waals surface area contributed by atoms with Crippen LogP contribution in [-0.4, -0.2) is 45.2 Å². The van der Waals surface area contributed by atoms with E-state index in [9.17, 15) is 19.8 Å². The second kappa shape index (κ2) is 12.2. The van der Waals surface area contributed by atoms with Crippen molar-refractivity contribution in [2.45, 2.75) is 83.3 Å². The fraction of sp³-hybridized carbons (Fsp3) is 0.727. The molecule has 27 heavy (non-hydrogen) atoms. The van der Waals surface area contributed by atoms with Gasteiger partial charge >= 0.3 is 0 Å². The molecule has 1 aliphatic rings. The number of aliphatic hydroxyl groups excluding tert-OH is 2. The van der Waals surface area contributed by atoms with Crippen LogP contribution in [0.2, 0.25) is 0 Å².